The van der Waals surface area contributed by atoms with Crippen LogP contribution in [0.25, 0.3) is 0 Å². The molecule has 1 heterocycles. The largest absolute Gasteiger partial charge is 0.481 e. The van der Waals surface area contributed by atoms with Gasteiger partial charge in [-0.1, -0.05) is 60.1 Å². The first-order chi connectivity index (χ1) is 12.5. The molecule has 0 unspecified atom stereocenters. The molecule has 26 heavy (non-hydrogen) atoms. The Morgan fingerprint density at radius 3 is 2.23 bits per heavy atom. The summed E-state index contributed by atoms with van der Waals surface area (Å²) >= 11 is 6.14. The number of hydrogen-bond acceptors (Lipinski definition) is 2. The lowest BCUT2D eigenvalue weighted by Crippen LogP contribution is -2.49. The van der Waals surface area contributed by atoms with Crippen LogP contribution in [0.4, 0.5) is 0 Å². The maximum atomic E-state index is 12.5. The van der Waals surface area contributed by atoms with Crippen LogP contribution in [0.15, 0.2) is 54.6 Å². The third-order valence-electron chi connectivity index (χ3n) is 5.27. The van der Waals surface area contributed by atoms with Crippen molar-refractivity contribution in [3.05, 3.63) is 70.7 Å². The van der Waals surface area contributed by atoms with Crippen LogP contribution in [0, 0.1) is 0 Å². The number of aliphatic carboxylic acids is 1. The summed E-state index contributed by atoms with van der Waals surface area (Å²) in [4.78, 5) is 26.3. The third-order valence-corrected chi connectivity index (χ3v) is 5.64. The lowest BCUT2D eigenvalue weighted by molar-refractivity contribution is -0.148. The van der Waals surface area contributed by atoms with Crippen LogP contribution in [0.2, 0.25) is 5.02 Å². The van der Waals surface area contributed by atoms with Crippen LogP contribution in [0.5, 0.6) is 0 Å². The highest BCUT2D eigenvalue weighted by atomic mass is 35.5. The predicted octanol–water partition coefficient (Wildman–Crippen LogP) is 3.92. The molecule has 1 aliphatic heterocycles. The van der Waals surface area contributed by atoms with Gasteiger partial charge in [-0.2, -0.15) is 0 Å². The highest BCUT2D eigenvalue weighted by molar-refractivity contribution is 6.31. The normalized spacial score (nSPS) is 16.3. The summed E-state index contributed by atoms with van der Waals surface area (Å²) in [6, 6.07) is 16.9. The van der Waals surface area contributed by atoms with E-state index in [4.69, 9.17) is 11.6 Å². The second kappa shape index (κ2) is 7.92. The summed E-state index contributed by atoms with van der Waals surface area (Å²) in [7, 11) is 0. The summed E-state index contributed by atoms with van der Waals surface area (Å²) in [5, 5.41) is 10.5. The molecule has 136 valence electrons. The van der Waals surface area contributed by atoms with E-state index in [1.54, 1.807) is 4.90 Å². The Kier molecular flexibility index (Phi) is 5.62. The van der Waals surface area contributed by atoms with E-state index in [2.05, 4.69) is 0 Å². The summed E-state index contributed by atoms with van der Waals surface area (Å²) in [6.07, 6.45) is 1.85. The lowest BCUT2D eigenvalue weighted by Gasteiger charge is -2.39. The standard InChI is InChI=1S/C21H22ClNO3/c22-18-9-5-4-6-16(18)10-11-19(24)23-14-12-21(13-15-23,20(25)26)17-7-2-1-3-8-17/h1-9H,10-15H2,(H,25,26). The van der Waals surface area contributed by atoms with Crippen molar-refractivity contribution >= 4 is 23.5 Å². The number of benzene rings is 2. The molecule has 2 aromatic carbocycles. The monoisotopic (exact) mass is 371 g/mol. The number of nitrogens with zero attached hydrogens (tertiary/aromatic N) is 1. The van der Waals surface area contributed by atoms with Gasteiger partial charge in [0, 0.05) is 24.5 Å². The van der Waals surface area contributed by atoms with E-state index in [9.17, 15) is 14.7 Å². The molecule has 0 radical (unpaired) electrons. The van der Waals surface area contributed by atoms with Gasteiger partial charge in [0.2, 0.25) is 5.91 Å². The van der Waals surface area contributed by atoms with E-state index in [0.29, 0.717) is 43.8 Å². The van der Waals surface area contributed by atoms with Crippen LogP contribution in [0.1, 0.15) is 30.4 Å². The smallest absolute Gasteiger partial charge is 0.314 e. The Labute approximate surface area is 158 Å². The Balaban J connectivity index is 1.63. The predicted molar refractivity (Wildman–Crippen MR) is 101 cm³/mol. The van der Waals surface area contributed by atoms with Crippen LogP contribution in [-0.2, 0) is 21.4 Å². The number of rotatable bonds is 5. The zero-order valence-corrected chi connectivity index (χ0v) is 15.3. The maximum absolute atomic E-state index is 12.5. The fourth-order valence-corrected chi connectivity index (χ4v) is 3.85. The Hall–Kier alpha value is -2.33. The summed E-state index contributed by atoms with van der Waals surface area (Å²) in [5.74, 6) is -0.760. The third kappa shape index (κ3) is 3.75. The van der Waals surface area contributed by atoms with Gasteiger partial charge < -0.3 is 10.0 Å². The molecule has 1 fully saturated rings. The van der Waals surface area contributed by atoms with Crippen molar-refractivity contribution in [1.29, 1.82) is 0 Å². The molecule has 1 saturated heterocycles. The van der Waals surface area contributed by atoms with E-state index in [1.165, 1.54) is 0 Å². The van der Waals surface area contributed by atoms with Gasteiger partial charge in [0.25, 0.3) is 0 Å². The minimum Gasteiger partial charge on any atom is -0.481 e. The van der Waals surface area contributed by atoms with Gasteiger partial charge in [-0.05, 0) is 36.5 Å². The number of carboxylic acid groups (broad SMARTS) is 1. The Morgan fingerprint density at radius 2 is 1.62 bits per heavy atom. The first kappa shape index (κ1) is 18.5. The van der Waals surface area contributed by atoms with E-state index in [-0.39, 0.29) is 5.91 Å². The molecule has 5 heteroatoms. The minimum absolute atomic E-state index is 0.0528. The van der Waals surface area contributed by atoms with Gasteiger partial charge in [-0.25, -0.2) is 0 Å². The van der Waals surface area contributed by atoms with E-state index >= 15 is 0 Å². The fraction of sp³-hybridized carbons (Fsp3) is 0.333. The number of carbonyl (C=O) groups excluding carboxylic acids is 1. The average Bonchev–Trinajstić information content (AvgIpc) is 2.67. The molecule has 0 spiro atoms. The maximum Gasteiger partial charge on any atom is 0.314 e. The molecule has 4 nitrogen and oxygen atoms in total. The summed E-state index contributed by atoms with van der Waals surface area (Å²) in [6.45, 7) is 0.922. The molecule has 0 bridgehead atoms. The molecule has 1 amide bonds. The first-order valence-corrected chi connectivity index (χ1v) is 9.21. The Morgan fingerprint density at radius 1 is 1.00 bits per heavy atom. The molecule has 2 aromatic rings. The number of carboxylic acids is 1. The minimum atomic E-state index is -0.902. The van der Waals surface area contributed by atoms with Crippen LogP contribution in [0.3, 0.4) is 0 Å². The van der Waals surface area contributed by atoms with Crippen molar-refractivity contribution < 1.29 is 14.7 Å². The van der Waals surface area contributed by atoms with Crippen molar-refractivity contribution in [2.75, 3.05) is 13.1 Å². The molecule has 0 atom stereocenters. The van der Waals surface area contributed by atoms with E-state index in [0.717, 1.165) is 11.1 Å². The summed E-state index contributed by atoms with van der Waals surface area (Å²) < 4.78 is 0. The molecule has 0 saturated carbocycles. The number of amides is 1. The van der Waals surface area contributed by atoms with Gasteiger partial charge in [0.1, 0.15) is 0 Å². The zero-order chi connectivity index (χ0) is 18.6. The van der Waals surface area contributed by atoms with Crippen molar-refractivity contribution in [3.8, 4) is 0 Å². The molecular formula is C21H22ClNO3. The molecule has 1 N–H and O–H groups in total. The fourth-order valence-electron chi connectivity index (χ4n) is 3.62. The van der Waals surface area contributed by atoms with Gasteiger partial charge in [0.15, 0.2) is 0 Å². The topological polar surface area (TPSA) is 57.6 Å². The van der Waals surface area contributed by atoms with Crippen molar-refractivity contribution in [2.45, 2.75) is 31.1 Å². The number of aryl methyl sites for hydroxylation is 1. The van der Waals surface area contributed by atoms with E-state index < -0.39 is 11.4 Å². The van der Waals surface area contributed by atoms with Crippen LogP contribution in [-0.4, -0.2) is 35.0 Å². The number of likely N-dealkylation sites (tertiary alicyclic amines) is 1. The number of halogens is 1. The highest BCUT2D eigenvalue weighted by Gasteiger charge is 2.43. The van der Waals surface area contributed by atoms with Crippen LogP contribution < -0.4 is 0 Å². The van der Waals surface area contributed by atoms with Gasteiger partial charge >= 0.3 is 5.97 Å². The second-order valence-electron chi connectivity index (χ2n) is 6.73. The molecular weight excluding hydrogens is 350 g/mol. The van der Waals surface area contributed by atoms with Crippen molar-refractivity contribution in [3.63, 3.8) is 0 Å². The SMILES string of the molecule is O=C(CCc1ccccc1Cl)N1CCC(C(=O)O)(c2ccccc2)CC1. The van der Waals surface area contributed by atoms with Gasteiger partial charge in [-0.3, -0.25) is 9.59 Å². The number of piperidine rings is 1. The Bertz CT molecular complexity index is 783. The first-order valence-electron chi connectivity index (χ1n) is 8.83. The average molecular weight is 372 g/mol. The quantitative estimate of drug-likeness (QED) is 0.866. The van der Waals surface area contributed by atoms with Crippen molar-refractivity contribution in [1.82, 2.24) is 4.90 Å². The molecule has 1 aliphatic rings. The second-order valence-corrected chi connectivity index (χ2v) is 7.13. The molecule has 0 aliphatic carbocycles. The van der Waals surface area contributed by atoms with Crippen LogP contribution >= 0.6 is 11.6 Å². The van der Waals surface area contributed by atoms with Gasteiger partial charge in [-0.15, -0.1) is 0 Å². The number of carbonyl (C=O) groups is 2. The summed E-state index contributed by atoms with van der Waals surface area (Å²) in [5.41, 5.74) is 0.875. The lowest BCUT2D eigenvalue weighted by atomic mass is 9.73. The zero-order valence-electron chi connectivity index (χ0n) is 14.5. The van der Waals surface area contributed by atoms with Crippen molar-refractivity contribution in [2.24, 2.45) is 0 Å². The molecule has 0 aromatic heterocycles. The number of hydrogen-bond donors (Lipinski definition) is 1. The highest BCUT2D eigenvalue weighted by Crippen LogP contribution is 2.36. The molecule has 3 rings (SSSR count). The van der Waals surface area contributed by atoms with E-state index in [1.807, 2.05) is 54.6 Å². The van der Waals surface area contributed by atoms with Gasteiger partial charge in [0.05, 0.1) is 5.41 Å².